The molecule has 0 amide bonds. The van der Waals surface area contributed by atoms with Gasteiger partial charge < -0.3 is 20.1 Å². The summed E-state index contributed by atoms with van der Waals surface area (Å²) < 4.78 is 5.46. The first kappa shape index (κ1) is 18.2. The van der Waals surface area contributed by atoms with Gasteiger partial charge in [0.05, 0.1) is 13.2 Å². The molecule has 0 saturated carbocycles. The third-order valence-electron chi connectivity index (χ3n) is 4.62. The zero-order chi connectivity index (χ0) is 19.2. The predicted octanol–water partition coefficient (Wildman–Crippen LogP) is 2.74. The summed E-state index contributed by atoms with van der Waals surface area (Å²) in [6.45, 7) is 3.73. The summed E-state index contributed by atoms with van der Waals surface area (Å²) in [5, 5.41) is 13.2. The molecule has 7 nitrogen and oxygen atoms in total. The van der Waals surface area contributed by atoms with Crippen LogP contribution in [0.4, 0.5) is 11.6 Å². The Kier molecular flexibility index (Phi) is 5.63. The van der Waals surface area contributed by atoms with Crippen molar-refractivity contribution >= 4 is 11.6 Å². The van der Waals surface area contributed by atoms with Gasteiger partial charge in [-0.1, -0.05) is 12.1 Å². The summed E-state index contributed by atoms with van der Waals surface area (Å²) in [5.41, 5.74) is 2.01. The average molecular weight is 377 g/mol. The highest BCUT2D eigenvalue weighted by molar-refractivity contribution is 5.63. The van der Waals surface area contributed by atoms with Gasteiger partial charge in [0.25, 0.3) is 0 Å². The number of phenolic OH excluding ortho intramolecular Hbond substituents is 1. The van der Waals surface area contributed by atoms with Gasteiger partial charge in [0.1, 0.15) is 17.4 Å². The van der Waals surface area contributed by atoms with Crippen LogP contribution < -0.4 is 10.2 Å². The summed E-state index contributed by atoms with van der Waals surface area (Å²) in [4.78, 5) is 15.7. The normalized spacial score (nSPS) is 14.1. The van der Waals surface area contributed by atoms with Gasteiger partial charge in [-0.15, -0.1) is 0 Å². The van der Waals surface area contributed by atoms with Crippen molar-refractivity contribution in [3.05, 3.63) is 60.4 Å². The molecular formula is C21H23N5O2. The number of nitrogens with zero attached hydrogens (tertiary/aromatic N) is 4. The smallest absolute Gasteiger partial charge is 0.163 e. The number of rotatable bonds is 6. The molecule has 0 unspecified atom stereocenters. The monoisotopic (exact) mass is 377 g/mol. The van der Waals surface area contributed by atoms with Crippen molar-refractivity contribution in [1.29, 1.82) is 0 Å². The maximum Gasteiger partial charge on any atom is 0.163 e. The van der Waals surface area contributed by atoms with Crippen molar-refractivity contribution in [2.24, 2.45) is 0 Å². The van der Waals surface area contributed by atoms with Crippen LogP contribution in [0.25, 0.3) is 11.4 Å². The molecule has 0 spiro atoms. The summed E-state index contributed by atoms with van der Waals surface area (Å²) in [6, 6.07) is 13.0. The Morgan fingerprint density at radius 1 is 1.04 bits per heavy atom. The van der Waals surface area contributed by atoms with E-state index in [-0.39, 0.29) is 5.75 Å². The van der Waals surface area contributed by atoms with Gasteiger partial charge in [0.2, 0.25) is 0 Å². The highest BCUT2D eigenvalue weighted by atomic mass is 16.5. The van der Waals surface area contributed by atoms with E-state index in [0.29, 0.717) is 19.0 Å². The van der Waals surface area contributed by atoms with Crippen LogP contribution >= 0.6 is 0 Å². The number of nitrogens with one attached hydrogen (secondary N) is 1. The van der Waals surface area contributed by atoms with Crippen molar-refractivity contribution in [2.45, 2.75) is 6.42 Å². The molecular weight excluding hydrogens is 354 g/mol. The zero-order valence-electron chi connectivity index (χ0n) is 15.6. The number of aromatic nitrogens is 3. The van der Waals surface area contributed by atoms with E-state index >= 15 is 0 Å². The Bertz CT molecular complexity index is 914. The van der Waals surface area contributed by atoms with Crippen molar-refractivity contribution in [3.8, 4) is 17.1 Å². The van der Waals surface area contributed by atoms with Gasteiger partial charge in [-0.25, -0.2) is 9.97 Å². The molecule has 4 rings (SSSR count). The molecule has 7 heteroatoms. The van der Waals surface area contributed by atoms with Crippen LogP contribution in [-0.4, -0.2) is 52.9 Å². The summed E-state index contributed by atoms with van der Waals surface area (Å²) in [5.74, 6) is 2.42. The van der Waals surface area contributed by atoms with Crippen molar-refractivity contribution < 1.29 is 9.84 Å². The number of benzene rings is 1. The quantitative estimate of drug-likeness (QED) is 0.683. The minimum Gasteiger partial charge on any atom is -0.508 e. The van der Waals surface area contributed by atoms with Crippen LogP contribution in [0.5, 0.6) is 5.75 Å². The summed E-state index contributed by atoms with van der Waals surface area (Å²) in [6.07, 6.45) is 4.48. The molecule has 0 bridgehead atoms. The van der Waals surface area contributed by atoms with Gasteiger partial charge in [-0.3, -0.25) is 4.98 Å². The molecule has 1 saturated heterocycles. The molecule has 28 heavy (non-hydrogen) atoms. The lowest BCUT2D eigenvalue weighted by molar-refractivity contribution is 0.122. The maximum absolute atomic E-state index is 9.83. The van der Waals surface area contributed by atoms with E-state index in [9.17, 15) is 5.11 Å². The van der Waals surface area contributed by atoms with E-state index < -0.39 is 0 Å². The minimum absolute atomic E-state index is 0.199. The van der Waals surface area contributed by atoms with E-state index in [0.717, 1.165) is 43.3 Å². The Morgan fingerprint density at radius 2 is 1.86 bits per heavy atom. The SMILES string of the molecule is Oc1cccc(-c2nc(NCCc3ccncc3)cc(N3CCOCC3)n2)c1. The number of aromatic hydroxyl groups is 1. The fraction of sp³-hybridized carbons (Fsp3) is 0.286. The van der Waals surface area contributed by atoms with Crippen LogP contribution in [0.15, 0.2) is 54.9 Å². The maximum atomic E-state index is 9.83. The van der Waals surface area contributed by atoms with Gasteiger partial charge in [-0.05, 0) is 36.2 Å². The molecule has 0 atom stereocenters. The lowest BCUT2D eigenvalue weighted by atomic mass is 10.2. The number of pyridine rings is 1. The van der Waals surface area contributed by atoms with Crippen LogP contribution in [0.3, 0.4) is 0 Å². The largest absolute Gasteiger partial charge is 0.508 e. The lowest BCUT2D eigenvalue weighted by Gasteiger charge is -2.28. The molecule has 1 aliphatic rings. The van der Waals surface area contributed by atoms with Gasteiger partial charge in [0, 0.05) is 43.7 Å². The van der Waals surface area contributed by atoms with Gasteiger partial charge in [-0.2, -0.15) is 0 Å². The molecule has 2 aromatic heterocycles. The first-order valence-corrected chi connectivity index (χ1v) is 9.42. The number of ether oxygens (including phenoxy) is 1. The third kappa shape index (κ3) is 4.55. The molecule has 1 aromatic carbocycles. The Labute approximate surface area is 164 Å². The summed E-state index contributed by atoms with van der Waals surface area (Å²) in [7, 11) is 0. The Balaban J connectivity index is 1.57. The first-order valence-electron chi connectivity index (χ1n) is 9.42. The fourth-order valence-corrected chi connectivity index (χ4v) is 3.14. The highest BCUT2D eigenvalue weighted by Crippen LogP contribution is 2.25. The van der Waals surface area contributed by atoms with E-state index in [1.165, 1.54) is 5.56 Å². The molecule has 3 heterocycles. The molecule has 1 fully saturated rings. The van der Waals surface area contributed by atoms with Crippen LogP contribution in [0.2, 0.25) is 0 Å². The molecule has 3 aromatic rings. The van der Waals surface area contributed by atoms with E-state index in [2.05, 4.69) is 20.2 Å². The molecule has 2 N–H and O–H groups in total. The highest BCUT2D eigenvalue weighted by Gasteiger charge is 2.16. The fourth-order valence-electron chi connectivity index (χ4n) is 3.14. The van der Waals surface area contributed by atoms with Gasteiger partial charge >= 0.3 is 0 Å². The summed E-state index contributed by atoms with van der Waals surface area (Å²) >= 11 is 0. The first-order chi connectivity index (χ1) is 13.8. The third-order valence-corrected chi connectivity index (χ3v) is 4.62. The average Bonchev–Trinajstić information content (AvgIpc) is 2.75. The van der Waals surface area contributed by atoms with E-state index in [1.54, 1.807) is 30.6 Å². The van der Waals surface area contributed by atoms with Crippen LogP contribution in [0.1, 0.15) is 5.56 Å². The zero-order valence-corrected chi connectivity index (χ0v) is 15.6. The Hall–Kier alpha value is -3.19. The van der Waals surface area contributed by atoms with Gasteiger partial charge in [0.15, 0.2) is 5.82 Å². The lowest BCUT2D eigenvalue weighted by Crippen LogP contribution is -2.36. The number of morpholine rings is 1. The second-order valence-electron chi connectivity index (χ2n) is 6.62. The molecule has 0 aliphatic carbocycles. The predicted molar refractivity (Wildman–Crippen MR) is 109 cm³/mol. The standard InChI is InChI=1S/C21H23N5O2/c27-18-3-1-2-17(14-18)21-24-19(23-9-6-16-4-7-22-8-5-16)15-20(25-21)26-10-12-28-13-11-26/h1-5,7-8,14-15,27H,6,9-13H2,(H,23,24,25). The molecule has 144 valence electrons. The molecule has 0 radical (unpaired) electrons. The van der Waals surface area contributed by atoms with Crippen LogP contribution in [0, 0.1) is 0 Å². The second kappa shape index (κ2) is 8.67. The number of hydrogen-bond donors (Lipinski definition) is 2. The van der Waals surface area contributed by atoms with Crippen molar-refractivity contribution in [3.63, 3.8) is 0 Å². The minimum atomic E-state index is 0.199. The topological polar surface area (TPSA) is 83.4 Å². The van der Waals surface area contributed by atoms with Crippen molar-refractivity contribution in [1.82, 2.24) is 15.0 Å². The van der Waals surface area contributed by atoms with E-state index in [1.807, 2.05) is 24.3 Å². The molecule has 1 aliphatic heterocycles. The number of phenols is 1. The number of anilines is 2. The number of hydrogen-bond acceptors (Lipinski definition) is 7. The van der Waals surface area contributed by atoms with E-state index in [4.69, 9.17) is 9.72 Å². The van der Waals surface area contributed by atoms with Crippen molar-refractivity contribution in [2.75, 3.05) is 43.1 Å². The second-order valence-corrected chi connectivity index (χ2v) is 6.62. The Morgan fingerprint density at radius 3 is 2.64 bits per heavy atom. The van der Waals surface area contributed by atoms with Crippen LogP contribution in [-0.2, 0) is 11.2 Å².